The summed E-state index contributed by atoms with van der Waals surface area (Å²) in [6, 6.07) is 0.289. The monoisotopic (exact) mass is 263 g/mol. The van der Waals surface area contributed by atoms with Crippen LogP contribution in [0.15, 0.2) is 18.0 Å². The first-order valence-electron chi connectivity index (χ1n) is 7.21. The fourth-order valence-corrected chi connectivity index (χ4v) is 3.09. The summed E-state index contributed by atoms with van der Waals surface area (Å²) in [6.07, 6.45) is 6.24. The molecule has 1 N–H and O–H groups in total. The first kappa shape index (κ1) is 14.3. The summed E-state index contributed by atoms with van der Waals surface area (Å²) >= 11 is 0. The Morgan fingerprint density at radius 2 is 2.21 bits per heavy atom. The summed E-state index contributed by atoms with van der Waals surface area (Å²) in [6.45, 7) is 8.55. The second kappa shape index (κ2) is 5.87. The molecular weight excluding hydrogens is 238 g/mol. The largest absolute Gasteiger partial charge is 0.392 e. The minimum atomic E-state index is -0.326. The van der Waals surface area contributed by atoms with Crippen molar-refractivity contribution < 1.29 is 5.11 Å². The van der Waals surface area contributed by atoms with Gasteiger partial charge in [0.15, 0.2) is 0 Å². The maximum absolute atomic E-state index is 10.5. The van der Waals surface area contributed by atoms with Crippen molar-refractivity contribution in [2.24, 2.45) is 11.8 Å². The maximum Gasteiger partial charge on any atom is 0.138 e. The number of aliphatic hydroxyl groups excluding tert-OH is 1. The van der Waals surface area contributed by atoms with Gasteiger partial charge in [0, 0.05) is 12.5 Å². The Labute approximate surface area is 115 Å². The molecule has 0 spiro atoms. The lowest BCUT2D eigenvalue weighted by atomic mass is 9.80. The number of hydrogen-bond donors (Lipinski definition) is 1. The zero-order chi connectivity index (χ0) is 14.0. The van der Waals surface area contributed by atoms with E-state index in [-0.39, 0.29) is 12.1 Å². The number of aliphatic hydroxyl groups is 1. The van der Waals surface area contributed by atoms with Crippen LogP contribution in [0.1, 0.15) is 52.4 Å². The molecular formula is C15H25N3O. The average molecular weight is 263 g/mol. The molecule has 0 bridgehead atoms. The molecule has 0 aromatic carbocycles. The van der Waals surface area contributed by atoms with Gasteiger partial charge in [-0.3, -0.25) is 0 Å². The van der Waals surface area contributed by atoms with E-state index in [1.54, 1.807) is 6.33 Å². The van der Waals surface area contributed by atoms with Crippen LogP contribution in [0, 0.1) is 11.8 Å². The van der Waals surface area contributed by atoms with Gasteiger partial charge in [0.1, 0.15) is 12.2 Å². The zero-order valence-electron chi connectivity index (χ0n) is 12.4. The van der Waals surface area contributed by atoms with Gasteiger partial charge in [-0.25, -0.2) is 9.67 Å². The van der Waals surface area contributed by atoms with Crippen LogP contribution in [-0.4, -0.2) is 26.0 Å². The predicted octanol–water partition coefficient (Wildman–Crippen LogP) is 2.75. The second-order valence-corrected chi connectivity index (χ2v) is 6.18. The Morgan fingerprint density at radius 3 is 2.84 bits per heavy atom. The Kier molecular flexibility index (Phi) is 4.40. The van der Waals surface area contributed by atoms with E-state index in [4.69, 9.17) is 0 Å². The highest BCUT2D eigenvalue weighted by atomic mass is 16.3. The highest BCUT2D eigenvalue weighted by Gasteiger charge is 2.26. The summed E-state index contributed by atoms with van der Waals surface area (Å²) in [5, 5.41) is 14.7. The first-order valence-corrected chi connectivity index (χ1v) is 7.21. The zero-order valence-corrected chi connectivity index (χ0v) is 12.4. The third-order valence-corrected chi connectivity index (χ3v) is 3.90. The van der Waals surface area contributed by atoms with Gasteiger partial charge in [-0.2, -0.15) is 5.10 Å². The van der Waals surface area contributed by atoms with E-state index in [1.165, 1.54) is 5.57 Å². The van der Waals surface area contributed by atoms with Gasteiger partial charge in [-0.05, 0) is 45.4 Å². The van der Waals surface area contributed by atoms with E-state index in [0.717, 1.165) is 18.7 Å². The summed E-state index contributed by atoms with van der Waals surface area (Å²) in [5.74, 6) is 1.80. The van der Waals surface area contributed by atoms with Crippen LogP contribution in [-0.2, 0) is 6.42 Å². The molecule has 2 rings (SSSR count). The molecule has 1 aromatic rings. The van der Waals surface area contributed by atoms with Crippen molar-refractivity contribution in [1.82, 2.24) is 14.8 Å². The molecule has 1 aromatic heterocycles. The molecule has 0 radical (unpaired) electrons. The summed E-state index contributed by atoms with van der Waals surface area (Å²) in [7, 11) is 0. The van der Waals surface area contributed by atoms with Gasteiger partial charge in [-0.15, -0.1) is 0 Å². The third kappa shape index (κ3) is 3.44. The maximum atomic E-state index is 10.5. The SMILES string of the molecule is CC1=CC(C)CC(C(O)Cc2ncnn2C(C)C)C1. The van der Waals surface area contributed by atoms with Gasteiger partial charge < -0.3 is 5.11 Å². The highest BCUT2D eigenvalue weighted by molar-refractivity contribution is 5.07. The summed E-state index contributed by atoms with van der Waals surface area (Å²) in [5.41, 5.74) is 1.40. The Morgan fingerprint density at radius 1 is 1.47 bits per heavy atom. The molecule has 0 saturated heterocycles. The van der Waals surface area contributed by atoms with Crippen LogP contribution >= 0.6 is 0 Å². The van der Waals surface area contributed by atoms with Crippen molar-refractivity contribution in [3.05, 3.63) is 23.8 Å². The van der Waals surface area contributed by atoms with Crippen molar-refractivity contribution in [1.29, 1.82) is 0 Å². The van der Waals surface area contributed by atoms with Crippen LogP contribution in [0.3, 0.4) is 0 Å². The number of allylic oxidation sites excluding steroid dienone is 2. The molecule has 1 heterocycles. The van der Waals surface area contributed by atoms with Crippen LogP contribution in [0.25, 0.3) is 0 Å². The van der Waals surface area contributed by atoms with Gasteiger partial charge in [0.25, 0.3) is 0 Å². The number of rotatable bonds is 4. The third-order valence-electron chi connectivity index (χ3n) is 3.90. The fraction of sp³-hybridized carbons (Fsp3) is 0.733. The molecule has 0 aliphatic heterocycles. The Balaban J connectivity index is 2.03. The van der Waals surface area contributed by atoms with Crippen LogP contribution in [0.5, 0.6) is 0 Å². The molecule has 3 unspecified atom stereocenters. The Bertz CT molecular complexity index is 450. The normalized spacial score (nSPS) is 25.5. The minimum absolute atomic E-state index is 0.289. The van der Waals surface area contributed by atoms with Crippen LogP contribution in [0.2, 0.25) is 0 Å². The lowest BCUT2D eigenvalue weighted by molar-refractivity contribution is 0.0900. The lowest BCUT2D eigenvalue weighted by Crippen LogP contribution is -2.28. The van der Waals surface area contributed by atoms with Crippen molar-refractivity contribution >= 4 is 0 Å². The van der Waals surface area contributed by atoms with E-state index in [0.29, 0.717) is 18.3 Å². The van der Waals surface area contributed by atoms with Crippen LogP contribution in [0.4, 0.5) is 0 Å². The van der Waals surface area contributed by atoms with Gasteiger partial charge in [0.05, 0.1) is 6.10 Å². The molecule has 0 fully saturated rings. The second-order valence-electron chi connectivity index (χ2n) is 6.18. The van der Waals surface area contributed by atoms with Crippen LogP contribution < -0.4 is 0 Å². The van der Waals surface area contributed by atoms with E-state index >= 15 is 0 Å². The van der Waals surface area contributed by atoms with Gasteiger partial charge in [0.2, 0.25) is 0 Å². The number of aromatic nitrogens is 3. The minimum Gasteiger partial charge on any atom is -0.392 e. The van der Waals surface area contributed by atoms with E-state index in [9.17, 15) is 5.11 Å². The standard InChI is InChI=1S/C15H25N3O/c1-10(2)18-15(16-9-17-18)8-14(19)13-6-11(3)5-12(4)7-13/h5,9-11,13-14,19H,6-8H2,1-4H3. The van der Waals surface area contributed by atoms with E-state index in [1.807, 2.05) is 4.68 Å². The predicted molar refractivity (Wildman–Crippen MR) is 75.8 cm³/mol. The smallest absolute Gasteiger partial charge is 0.138 e. The molecule has 3 atom stereocenters. The molecule has 0 saturated carbocycles. The molecule has 0 amide bonds. The van der Waals surface area contributed by atoms with Crippen molar-refractivity contribution in [3.8, 4) is 0 Å². The van der Waals surface area contributed by atoms with E-state index < -0.39 is 0 Å². The summed E-state index contributed by atoms with van der Waals surface area (Å²) in [4.78, 5) is 4.29. The van der Waals surface area contributed by atoms with Gasteiger partial charge >= 0.3 is 0 Å². The van der Waals surface area contributed by atoms with Gasteiger partial charge in [-0.1, -0.05) is 18.6 Å². The molecule has 19 heavy (non-hydrogen) atoms. The average Bonchev–Trinajstić information content (AvgIpc) is 2.75. The van der Waals surface area contributed by atoms with Crippen molar-refractivity contribution in [2.75, 3.05) is 0 Å². The van der Waals surface area contributed by atoms with E-state index in [2.05, 4.69) is 43.9 Å². The molecule has 4 heteroatoms. The molecule has 4 nitrogen and oxygen atoms in total. The fourth-order valence-electron chi connectivity index (χ4n) is 3.09. The van der Waals surface area contributed by atoms with Crippen molar-refractivity contribution in [3.63, 3.8) is 0 Å². The lowest BCUT2D eigenvalue weighted by Gasteiger charge is -2.29. The topological polar surface area (TPSA) is 50.9 Å². The Hall–Kier alpha value is -1.16. The summed E-state index contributed by atoms with van der Waals surface area (Å²) < 4.78 is 1.90. The first-order chi connectivity index (χ1) is 8.97. The number of nitrogens with zero attached hydrogens (tertiary/aromatic N) is 3. The highest BCUT2D eigenvalue weighted by Crippen LogP contribution is 2.31. The number of hydrogen-bond acceptors (Lipinski definition) is 3. The quantitative estimate of drug-likeness (QED) is 0.850. The van der Waals surface area contributed by atoms with Crippen molar-refractivity contribution in [2.45, 2.75) is 59.1 Å². The molecule has 1 aliphatic rings. The molecule has 1 aliphatic carbocycles. The molecule has 106 valence electrons.